The predicted molar refractivity (Wildman–Crippen MR) is 82.2 cm³/mol. The molecule has 1 fully saturated rings. The average Bonchev–Trinajstić information content (AvgIpc) is 2.97. The number of carboxylic acids is 1. The fourth-order valence-corrected chi connectivity index (χ4v) is 3.52. The van der Waals surface area contributed by atoms with E-state index in [-0.39, 0.29) is 23.4 Å². The zero-order valence-corrected chi connectivity index (χ0v) is 12.6. The summed E-state index contributed by atoms with van der Waals surface area (Å²) in [6.07, 6.45) is 2.86. The number of non-ortho nitro benzene ring substituents is 1. The topological polar surface area (TPSA) is 101 Å². The maximum Gasteiger partial charge on any atom is 0.306 e. The van der Waals surface area contributed by atoms with Crippen LogP contribution in [0.3, 0.4) is 0 Å². The molecule has 1 aliphatic heterocycles. The number of nitrogens with zero attached hydrogens (tertiary/aromatic N) is 2. The molecule has 1 aromatic rings. The molecule has 1 heterocycles. The van der Waals surface area contributed by atoms with Crippen LogP contribution < -0.4 is 4.90 Å². The molecule has 0 saturated heterocycles. The highest BCUT2D eigenvalue weighted by Crippen LogP contribution is 2.36. The van der Waals surface area contributed by atoms with Gasteiger partial charge in [-0.2, -0.15) is 0 Å². The van der Waals surface area contributed by atoms with Crippen LogP contribution in [0.25, 0.3) is 0 Å². The van der Waals surface area contributed by atoms with Crippen LogP contribution in [0, 0.1) is 22.0 Å². The highest BCUT2D eigenvalue weighted by atomic mass is 16.6. The monoisotopic (exact) mass is 318 g/mol. The lowest BCUT2D eigenvalue weighted by molar-refractivity contribution is -0.384. The van der Waals surface area contributed by atoms with E-state index in [0.717, 1.165) is 5.56 Å². The van der Waals surface area contributed by atoms with E-state index in [1.54, 1.807) is 11.0 Å². The Morgan fingerprint density at radius 1 is 1.17 bits per heavy atom. The Balaban J connectivity index is 1.75. The van der Waals surface area contributed by atoms with Gasteiger partial charge in [0.25, 0.3) is 5.69 Å². The third-order valence-electron chi connectivity index (χ3n) is 4.87. The number of amides is 1. The van der Waals surface area contributed by atoms with Gasteiger partial charge < -0.3 is 10.0 Å². The van der Waals surface area contributed by atoms with Crippen molar-refractivity contribution in [2.75, 3.05) is 11.4 Å². The Morgan fingerprint density at radius 3 is 2.43 bits per heavy atom. The summed E-state index contributed by atoms with van der Waals surface area (Å²) in [6, 6.07) is 4.63. The molecule has 0 spiro atoms. The summed E-state index contributed by atoms with van der Waals surface area (Å²) in [5.41, 5.74) is 1.56. The second-order valence-corrected chi connectivity index (χ2v) is 6.20. The van der Waals surface area contributed by atoms with Crippen LogP contribution >= 0.6 is 0 Å². The van der Waals surface area contributed by atoms with Crippen LogP contribution in [0.2, 0.25) is 0 Å². The van der Waals surface area contributed by atoms with Gasteiger partial charge in [0.1, 0.15) is 0 Å². The zero-order valence-electron chi connectivity index (χ0n) is 12.6. The van der Waals surface area contributed by atoms with Gasteiger partial charge in [-0.15, -0.1) is 0 Å². The molecule has 0 atom stereocenters. The fourth-order valence-electron chi connectivity index (χ4n) is 3.52. The van der Waals surface area contributed by atoms with Crippen LogP contribution in [-0.4, -0.2) is 28.5 Å². The molecule has 1 saturated carbocycles. The molecule has 3 rings (SSSR count). The van der Waals surface area contributed by atoms with Crippen LogP contribution in [0.4, 0.5) is 11.4 Å². The molecule has 7 heteroatoms. The molecule has 2 aliphatic rings. The molecule has 23 heavy (non-hydrogen) atoms. The van der Waals surface area contributed by atoms with Crippen LogP contribution in [0.1, 0.15) is 31.2 Å². The minimum absolute atomic E-state index is 0.0157. The van der Waals surface area contributed by atoms with Crippen molar-refractivity contribution in [3.8, 4) is 0 Å². The second-order valence-electron chi connectivity index (χ2n) is 6.20. The predicted octanol–water partition coefficient (Wildman–Crippen LogP) is 2.37. The van der Waals surface area contributed by atoms with Crippen molar-refractivity contribution in [2.45, 2.75) is 32.1 Å². The number of hydrogen-bond acceptors (Lipinski definition) is 4. The number of nitro benzene ring substituents is 1. The van der Waals surface area contributed by atoms with E-state index in [9.17, 15) is 19.7 Å². The molecule has 0 radical (unpaired) electrons. The molecule has 1 amide bonds. The SMILES string of the molecule is O=C(O)C1CCC(C(=O)N2CCc3ccc([N+](=O)[O-])cc32)CC1. The van der Waals surface area contributed by atoms with Gasteiger partial charge in [0.2, 0.25) is 5.91 Å². The van der Waals surface area contributed by atoms with Gasteiger partial charge in [-0.05, 0) is 37.7 Å². The molecular formula is C16H18N2O5. The third-order valence-corrected chi connectivity index (χ3v) is 4.87. The lowest BCUT2D eigenvalue weighted by atomic mass is 9.81. The standard InChI is InChI=1S/C16H18N2O5/c19-15(11-1-3-12(4-2-11)16(20)21)17-8-7-10-5-6-13(18(22)23)9-14(10)17/h5-6,9,11-12H,1-4,7-8H2,(H,20,21). The Morgan fingerprint density at radius 2 is 1.83 bits per heavy atom. The van der Waals surface area contributed by atoms with E-state index < -0.39 is 10.9 Å². The van der Waals surface area contributed by atoms with Gasteiger partial charge in [-0.25, -0.2) is 0 Å². The summed E-state index contributed by atoms with van der Waals surface area (Å²) in [6.45, 7) is 0.536. The maximum absolute atomic E-state index is 12.7. The number of fused-ring (bicyclic) bond motifs is 1. The molecule has 1 aliphatic carbocycles. The van der Waals surface area contributed by atoms with Crippen LogP contribution in [0.5, 0.6) is 0 Å². The Hall–Kier alpha value is -2.44. The number of nitro groups is 1. The molecule has 1 aromatic carbocycles. The Labute approximate surface area is 133 Å². The number of carbonyl (C=O) groups excluding carboxylic acids is 1. The van der Waals surface area contributed by atoms with E-state index in [2.05, 4.69) is 0 Å². The van der Waals surface area contributed by atoms with E-state index >= 15 is 0 Å². The van der Waals surface area contributed by atoms with Crippen LogP contribution in [0.15, 0.2) is 18.2 Å². The van der Waals surface area contributed by atoms with Crippen LogP contribution in [-0.2, 0) is 16.0 Å². The summed E-state index contributed by atoms with van der Waals surface area (Å²) in [5, 5.41) is 20.0. The van der Waals surface area contributed by atoms with Gasteiger partial charge in [0.05, 0.1) is 16.5 Å². The smallest absolute Gasteiger partial charge is 0.306 e. The largest absolute Gasteiger partial charge is 0.481 e. The number of benzene rings is 1. The number of hydrogen-bond donors (Lipinski definition) is 1. The minimum atomic E-state index is -0.793. The quantitative estimate of drug-likeness (QED) is 0.681. The highest BCUT2D eigenvalue weighted by Gasteiger charge is 2.35. The second kappa shape index (κ2) is 5.98. The van der Waals surface area contributed by atoms with E-state index in [0.29, 0.717) is 44.3 Å². The molecule has 1 N–H and O–H groups in total. The normalized spacial score (nSPS) is 23.4. The summed E-state index contributed by atoms with van der Waals surface area (Å²) >= 11 is 0. The first-order chi connectivity index (χ1) is 11.0. The number of rotatable bonds is 3. The van der Waals surface area contributed by atoms with Gasteiger partial charge in [-0.1, -0.05) is 6.07 Å². The van der Waals surface area contributed by atoms with Crippen molar-refractivity contribution in [2.24, 2.45) is 11.8 Å². The molecule has 0 unspecified atom stereocenters. The summed E-state index contributed by atoms with van der Waals surface area (Å²) in [5.74, 6) is -1.37. The fraction of sp³-hybridized carbons (Fsp3) is 0.500. The lowest BCUT2D eigenvalue weighted by Crippen LogP contribution is -2.37. The van der Waals surface area contributed by atoms with Crippen molar-refractivity contribution in [1.82, 2.24) is 0 Å². The van der Waals surface area contributed by atoms with E-state index in [1.165, 1.54) is 12.1 Å². The van der Waals surface area contributed by atoms with E-state index in [4.69, 9.17) is 5.11 Å². The van der Waals surface area contributed by atoms with Gasteiger partial charge in [0.15, 0.2) is 0 Å². The van der Waals surface area contributed by atoms with Crippen molar-refractivity contribution < 1.29 is 19.6 Å². The number of anilines is 1. The first-order valence-corrected chi connectivity index (χ1v) is 7.79. The number of carboxylic acid groups (broad SMARTS) is 1. The van der Waals surface area contributed by atoms with Crippen molar-refractivity contribution in [1.29, 1.82) is 0 Å². The third kappa shape index (κ3) is 2.91. The molecule has 0 bridgehead atoms. The summed E-state index contributed by atoms with van der Waals surface area (Å²) < 4.78 is 0. The lowest BCUT2D eigenvalue weighted by Gasteiger charge is -2.29. The number of carbonyl (C=O) groups is 2. The van der Waals surface area contributed by atoms with Crippen molar-refractivity contribution in [3.63, 3.8) is 0 Å². The first kappa shape index (κ1) is 15.5. The van der Waals surface area contributed by atoms with Gasteiger partial charge in [0, 0.05) is 24.6 Å². The first-order valence-electron chi connectivity index (χ1n) is 7.79. The van der Waals surface area contributed by atoms with Gasteiger partial charge >= 0.3 is 5.97 Å². The van der Waals surface area contributed by atoms with Crippen molar-refractivity contribution in [3.05, 3.63) is 33.9 Å². The molecule has 122 valence electrons. The Bertz CT molecular complexity index is 664. The Kier molecular flexibility index (Phi) is 4.02. The van der Waals surface area contributed by atoms with Crippen molar-refractivity contribution >= 4 is 23.3 Å². The highest BCUT2D eigenvalue weighted by molar-refractivity contribution is 5.97. The zero-order chi connectivity index (χ0) is 16.6. The maximum atomic E-state index is 12.7. The summed E-state index contributed by atoms with van der Waals surface area (Å²) in [4.78, 5) is 35.8. The molecule has 0 aromatic heterocycles. The minimum Gasteiger partial charge on any atom is -0.481 e. The van der Waals surface area contributed by atoms with E-state index in [1.807, 2.05) is 0 Å². The molecule has 7 nitrogen and oxygen atoms in total. The average molecular weight is 318 g/mol. The summed E-state index contributed by atoms with van der Waals surface area (Å²) in [7, 11) is 0. The number of aliphatic carboxylic acids is 1. The molecular weight excluding hydrogens is 300 g/mol. The van der Waals surface area contributed by atoms with Gasteiger partial charge in [-0.3, -0.25) is 19.7 Å².